The lowest BCUT2D eigenvalue weighted by molar-refractivity contribution is 0.794. The van der Waals surface area contributed by atoms with Crippen molar-refractivity contribution in [1.29, 1.82) is 0 Å². The van der Waals surface area contributed by atoms with Gasteiger partial charge in [0, 0.05) is 16.5 Å². The van der Waals surface area contributed by atoms with Crippen molar-refractivity contribution in [2.45, 2.75) is 32.1 Å². The molecule has 0 aliphatic heterocycles. The van der Waals surface area contributed by atoms with E-state index in [1.165, 1.54) is 77.9 Å². The second-order valence-electron chi connectivity index (χ2n) is 15.5. The van der Waals surface area contributed by atoms with Crippen molar-refractivity contribution >= 4 is 10.9 Å². The van der Waals surface area contributed by atoms with Gasteiger partial charge in [-0.2, -0.15) is 0 Å². The van der Waals surface area contributed by atoms with Crippen LogP contribution in [0.5, 0.6) is 0 Å². The average Bonchev–Trinajstić information content (AvgIpc) is 3.74. The molecular formula is C55H40N2. The van der Waals surface area contributed by atoms with Crippen molar-refractivity contribution in [2.75, 3.05) is 0 Å². The van der Waals surface area contributed by atoms with Crippen LogP contribution in [-0.4, -0.2) is 9.97 Å². The van der Waals surface area contributed by atoms with Gasteiger partial charge in [0.05, 0.1) is 16.6 Å². The maximum absolute atomic E-state index is 5.48. The van der Waals surface area contributed by atoms with E-state index in [1.807, 2.05) is 0 Å². The fourth-order valence-electron chi connectivity index (χ4n) is 9.95. The van der Waals surface area contributed by atoms with Crippen LogP contribution in [-0.2, 0) is 11.8 Å². The van der Waals surface area contributed by atoms with Gasteiger partial charge in [0.15, 0.2) is 5.82 Å². The van der Waals surface area contributed by atoms with Gasteiger partial charge in [0.2, 0.25) is 0 Å². The first-order chi connectivity index (χ1) is 28.1. The number of aryl methyl sites for hydroxylation is 2. The van der Waals surface area contributed by atoms with Gasteiger partial charge in [-0.15, -0.1) is 0 Å². The van der Waals surface area contributed by atoms with Crippen molar-refractivity contribution in [3.63, 3.8) is 0 Å². The molecule has 2 heteroatoms. The Kier molecular flexibility index (Phi) is 7.69. The topological polar surface area (TPSA) is 25.8 Å². The van der Waals surface area contributed by atoms with E-state index in [-0.39, 0.29) is 0 Å². The van der Waals surface area contributed by atoms with Crippen molar-refractivity contribution in [1.82, 2.24) is 9.97 Å². The molecule has 57 heavy (non-hydrogen) atoms. The Labute approximate surface area is 334 Å². The van der Waals surface area contributed by atoms with Gasteiger partial charge in [-0.1, -0.05) is 189 Å². The second kappa shape index (κ2) is 13.1. The maximum Gasteiger partial charge on any atom is 0.161 e. The summed E-state index contributed by atoms with van der Waals surface area (Å²) < 4.78 is 0. The van der Waals surface area contributed by atoms with Crippen molar-refractivity contribution in [3.05, 3.63) is 215 Å². The molecule has 0 saturated carbocycles. The number of rotatable bonds is 6. The van der Waals surface area contributed by atoms with Gasteiger partial charge >= 0.3 is 0 Å². The van der Waals surface area contributed by atoms with Gasteiger partial charge in [0.1, 0.15) is 0 Å². The molecular weight excluding hydrogens is 689 g/mol. The summed E-state index contributed by atoms with van der Waals surface area (Å²) in [7, 11) is 0. The standard InChI is InChI=1S/C55H40N2/c1-3-15-39-34-38(32-33-41(39)40-17-5-4-16-35(40)2)36-28-30-37(31-29-36)53-45-21-9-13-27-51(45)56-54(57-53)46-22-14-26-50-52(46)44-20-8-12-25-49(44)55(50)47-23-10-6-18-42(47)43-19-7-11-24-48(43)55/h4-14,16-34H,3,15H2,1-2H3. The summed E-state index contributed by atoms with van der Waals surface area (Å²) in [5.41, 5.74) is 21.7. The highest BCUT2D eigenvalue weighted by atomic mass is 14.9. The van der Waals surface area contributed by atoms with Gasteiger partial charge in [0.25, 0.3) is 0 Å². The monoisotopic (exact) mass is 728 g/mol. The molecule has 2 aliphatic carbocycles. The quantitative estimate of drug-likeness (QED) is 0.170. The highest BCUT2D eigenvalue weighted by Gasteiger charge is 2.52. The molecule has 0 fully saturated rings. The Hall–Kier alpha value is -6.90. The lowest BCUT2D eigenvalue weighted by Crippen LogP contribution is -2.25. The molecule has 2 aliphatic rings. The predicted molar refractivity (Wildman–Crippen MR) is 236 cm³/mol. The number of hydrogen-bond acceptors (Lipinski definition) is 2. The van der Waals surface area contributed by atoms with E-state index in [0.717, 1.165) is 46.4 Å². The minimum absolute atomic E-state index is 0.417. The molecule has 270 valence electrons. The molecule has 0 amide bonds. The Balaban J connectivity index is 1.06. The first-order valence-corrected chi connectivity index (χ1v) is 20.1. The number of hydrogen-bond donors (Lipinski definition) is 0. The minimum atomic E-state index is -0.417. The Morgan fingerprint density at radius 1 is 0.439 bits per heavy atom. The first-order valence-electron chi connectivity index (χ1n) is 20.1. The van der Waals surface area contributed by atoms with Crippen molar-refractivity contribution < 1.29 is 0 Å². The predicted octanol–water partition coefficient (Wildman–Crippen LogP) is 13.9. The largest absolute Gasteiger partial charge is 0.228 e. The zero-order chi connectivity index (χ0) is 38.1. The highest BCUT2D eigenvalue weighted by Crippen LogP contribution is 2.63. The van der Waals surface area contributed by atoms with E-state index in [9.17, 15) is 0 Å². The maximum atomic E-state index is 5.48. The summed E-state index contributed by atoms with van der Waals surface area (Å²) in [5.74, 6) is 0.743. The first kappa shape index (κ1) is 33.4. The molecule has 0 N–H and O–H groups in total. The van der Waals surface area contributed by atoms with Crippen LogP contribution < -0.4 is 0 Å². The van der Waals surface area contributed by atoms with Crippen LogP contribution in [0.4, 0.5) is 0 Å². The van der Waals surface area contributed by atoms with E-state index >= 15 is 0 Å². The highest BCUT2D eigenvalue weighted by molar-refractivity contribution is 6.01. The normalized spacial score (nSPS) is 13.0. The molecule has 1 spiro atoms. The van der Waals surface area contributed by atoms with E-state index in [0.29, 0.717) is 0 Å². The third-order valence-corrected chi connectivity index (χ3v) is 12.4. The van der Waals surface area contributed by atoms with Crippen LogP contribution in [0.3, 0.4) is 0 Å². The van der Waals surface area contributed by atoms with Crippen LogP contribution in [0.1, 0.15) is 46.7 Å². The van der Waals surface area contributed by atoms with Crippen LogP contribution in [0.25, 0.3) is 78.1 Å². The molecule has 0 bridgehead atoms. The van der Waals surface area contributed by atoms with Crippen LogP contribution in [0.15, 0.2) is 182 Å². The zero-order valence-electron chi connectivity index (χ0n) is 32.1. The number of para-hydroxylation sites is 1. The summed E-state index contributed by atoms with van der Waals surface area (Å²) in [6, 6.07) is 66.7. The number of nitrogens with zero attached hydrogens (tertiary/aromatic N) is 2. The molecule has 0 saturated heterocycles. The van der Waals surface area contributed by atoms with Gasteiger partial charge in [-0.25, -0.2) is 9.97 Å². The van der Waals surface area contributed by atoms with Gasteiger partial charge < -0.3 is 0 Å². The summed E-state index contributed by atoms with van der Waals surface area (Å²) >= 11 is 0. The van der Waals surface area contributed by atoms with Gasteiger partial charge in [-0.3, -0.25) is 0 Å². The Morgan fingerprint density at radius 2 is 1.00 bits per heavy atom. The molecule has 1 aromatic heterocycles. The lowest BCUT2D eigenvalue weighted by Gasteiger charge is -2.30. The molecule has 9 aromatic rings. The Morgan fingerprint density at radius 3 is 1.72 bits per heavy atom. The summed E-state index contributed by atoms with van der Waals surface area (Å²) in [5, 5.41) is 1.05. The minimum Gasteiger partial charge on any atom is -0.228 e. The lowest BCUT2D eigenvalue weighted by atomic mass is 9.70. The summed E-state index contributed by atoms with van der Waals surface area (Å²) in [4.78, 5) is 10.8. The molecule has 1 heterocycles. The van der Waals surface area contributed by atoms with Crippen LogP contribution in [0.2, 0.25) is 0 Å². The zero-order valence-corrected chi connectivity index (χ0v) is 32.1. The number of fused-ring (bicyclic) bond motifs is 11. The smallest absolute Gasteiger partial charge is 0.161 e. The average molecular weight is 729 g/mol. The second-order valence-corrected chi connectivity index (χ2v) is 15.5. The third kappa shape index (κ3) is 4.97. The van der Waals surface area contributed by atoms with E-state index in [1.54, 1.807) is 0 Å². The van der Waals surface area contributed by atoms with Crippen LogP contribution >= 0.6 is 0 Å². The number of benzene rings is 8. The fraction of sp³-hybridized carbons (Fsp3) is 0.0909. The van der Waals surface area contributed by atoms with E-state index < -0.39 is 5.41 Å². The SMILES string of the molecule is CCCc1cc(-c2ccc(-c3nc(-c4cccc5c4-c4ccccc4C54c5ccccc5-c5ccccc54)nc4ccccc34)cc2)ccc1-c1ccccc1C. The molecule has 11 rings (SSSR count). The molecule has 0 radical (unpaired) electrons. The molecule has 8 aromatic carbocycles. The van der Waals surface area contributed by atoms with Crippen LogP contribution in [0, 0.1) is 6.92 Å². The fourth-order valence-corrected chi connectivity index (χ4v) is 9.95. The van der Waals surface area contributed by atoms with Crippen molar-refractivity contribution in [2.24, 2.45) is 0 Å². The number of aromatic nitrogens is 2. The summed E-state index contributed by atoms with van der Waals surface area (Å²) in [6.07, 6.45) is 2.14. The molecule has 2 nitrogen and oxygen atoms in total. The third-order valence-electron chi connectivity index (χ3n) is 12.4. The van der Waals surface area contributed by atoms with Crippen molar-refractivity contribution in [3.8, 4) is 67.2 Å². The Bertz CT molecular complexity index is 3000. The molecule has 0 atom stereocenters. The molecule has 0 unspecified atom stereocenters. The van der Waals surface area contributed by atoms with E-state index in [4.69, 9.17) is 9.97 Å². The van der Waals surface area contributed by atoms with E-state index in [2.05, 4.69) is 196 Å². The van der Waals surface area contributed by atoms with Gasteiger partial charge in [-0.05, 0) is 97.3 Å². The summed E-state index contributed by atoms with van der Waals surface area (Å²) in [6.45, 7) is 4.46.